The fourth-order valence-corrected chi connectivity index (χ4v) is 3.99. The first-order valence-electron chi connectivity index (χ1n) is 9.72. The molecule has 0 saturated carbocycles. The molecule has 0 spiro atoms. The van der Waals surface area contributed by atoms with Crippen LogP contribution in [0.4, 0.5) is 16.2 Å². The molecule has 1 fully saturated rings. The van der Waals surface area contributed by atoms with E-state index in [0.29, 0.717) is 16.9 Å². The van der Waals surface area contributed by atoms with Gasteiger partial charge >= 0.3 is 6.03 Å². The molecule has 0 bridgehead atoms. The summed E-state index contributed by atoms with van der Waals surface area (Å²) in [5.74, 6) is -1.12. The second-order valence-corrected chi connectivity index (χ2v) is 7.69. The lowest BCUT2D eigenvalue weighted by Gasteiger charge is -2.29. The standard InChI is InChI=1S/C22H22N4O4/c1-14-12-18(27)23-16-10-6-7-11-17(16)26(14)19(28)13-25-20(29)22(2,24-21(25)30)15-8-4-3-5-9-15/h3-11,14H,12-13H2,1-2H3,(H,23,27)(H,24,30)/t14-,22+/m0/s1. The second-order valence-electron chi connectivity index (χ2n) is 7.69. The number of nitrogens with one attached hydrogen (secondary N) is 2. The Hall–Kier alpha value is -3.68. The summed E-state index contributed by atoms with van der Waals surface area (Å²) < 4.78 is 0. The molecule has 2 aromatic carbocycles. The Bertz CT molecular complexity index is 1040. The zero-order valence-electron chi connectivity index (χ0n) is 16.7. The van der Waals surface area contributed by atoms with E-state index >= 15 is 0 Å². The fourth-order valence-electron chi connectivity index (χ4n) is 3.99. The number of rotatable bonds is 3. The molecule has 2 aliphatic rings. The number of hydrogen-bond acceptors (Lipinski definition) is 4. The lowest BCUT2D eigenvalue weighted by Crippen LogP contribution is -2.47. The molecule has 0 radical (unpaired) electrons. The Kier molecular flexibility index (Phi) is 4.77. The molecule has 2 aromatic rings. The van der Waals surface area contributed by atoms with E-state index < -0.39 is 36.0 Å². The highest BCUT2D eigenvalue weighted by molar-refractivity contribution is 6.12. The average molecular weight is 406 g/mol. The summed E-state index contributed by atoms with van der Waals surface area (Å²) >= 11 is 0. The molecule has 154 valence electrons. The number of hydrogen-bond donors (Lipinski definition) is 2. The molecule has 30 heavy (non-hydrogen) atoms. The van der Waals surface area contributed by atoms with E-state index in [1.165, 1.54) is 4.90 Å². The molecule has 0 aliphatic carbocycles. The van der Waals surface area contributed by atoms with Crippen LogP contribution in [0.5, 0.6) is 0 Å². The van der Waals surface area contributed by atoms with Crippen LogP contribution in [0, 0.1) is 0 Å². The molecule has 0 unspecified atom stereocenters. The van der Waals surface area contributed by atoms with Crippen molar-refractivity contribution in [3.8, 4) is 0 Å². The lowest BCUT2D eigenvalue weighted by molar-refractivity contribution is -0.134. The van der Waals surface area contributed by atoms with Gasteiger partial charge in [-0.25, -0.2) is 4.79 Å². The summed E-state index contributed by atoms with van der Waals surface area (Å²) in [6, 6.07) is 14.8. The molecule has 0 aromatic heterocycles. The summed E-state index contributed by atoms with van der Waals surface area (Å²) in [6.45, 7) is 2.97. The van der Waals surface area contributed by atoms with Gasteiger partial charge < -0.3 is 15.5 Å². The Morgan fingerprint density at radius 2 is 1.73 bits per heavy atom. The molecule has 4 rings (SSSR count). The first-order valence-corrected chi connectivity index (χ1v) is 9.72. The van der Waals surface area contributed by atoms with Crippen molar-refractivity contribution >= 4 is 35.1 Å². The number of urea groups is 1. The topological polar surface area (TPSA) is 98.8 Å². The highest BCUT2D eigenvalue weighted by atomic mass is 16.2. The maximum atomic E-state index is 13.2. The van der Waals surface area contributed by atoms with Crippen molar-refractivity contribution in [2.75, 3.05) is 16.8 Å². The lowest BCUT2D eigenvalue weighted by atomic mass is 9.92. The molecule has 2 aliphatic heterocycles. The van der Waals surface area contributed by atoms with Crippen LogP contribution in [0.2, 0.25) is 0 Å². The summed E-state index contributed by atoms with van der Waals surface area (Å²) in [5, 5.41) is 5.50. The predicted molar refractivity (Wildman–Crippen MR) is 111 cm³/mol. The van der Waals surface area contributed by atoms with Crippen LogP contribution < -0.4 is 15.5 Å². The SMILES string of the molecule is C[C@H]1CC(=O)Nc2ccccc2N1C(=O)CN1C(=O)N[C@](C)(c2ccccc2)C1=O. The minimum Gasteiger partial charge on any atom is -0.324 e. The van der Waals surface area contributed by atoms with Gasteiger partial charge in [0.15, 0.2) is 0 Å². The van der Waals surface area contributed by atoms with Gasteiger partial charge in [-0.3, -0.25) is 19.3 Å². The Morgan fingerprint density at radius 1 is 1.07 bits per heavy atom. The van der Waals surface area contributed by atoms with Crippen LogP contribution >= 0.6 is 0 Å². The van der Waals surface area contributed by atoms with Gasteiger partial charge in [-0.05, 0) is 31.5 Å². The first-order chi connectivity index (χ1) is 14.3. The molecule has 5 amide bonds. The number of amides is 5. The van der Waals surface area contributed by atoms with E-state index in [2.05, 4.69) is 10.6 Å². The third kappa shape index (κ3) is 3.20. The molecular weight excluding hydrogens is 384 g/mol. The van der Waals surface area contributed by atoms with E-state index in [1.54, 1.807) is 62.4 Å². The molecule has 1 saturated heterocycles. The average Bonchev–Trinajstić information content (AvgIpc) is 2.85. The van der Waals surface area contributed by atoms with E-state index in [9.17, 15) is 19.2 Å². The third-order valence-electron chi connectivity index (χ3n) is 5.55. The van der Waals surface area contributed by atoms with Gasteiger partial charge in [-0.15, -0.1) is 0 Å². The molecule has 2 heterocycles. The number of benzene rings is 2. The van der Waals surface area contributed by atoms with E-state index in [-0.39, 0.29) is 12.3 Å². The number of anilines is 2. The molecule has 8 heteroatoms. The van der Waals surface area contributed by atoms with Gasteiger partial charge in [0.2, 0.25) is 11.8 Å². The van der Waals surface area contributed by atoms with Crippen molar-refractivity contribution in [3.05, 3.63) is 60.2 Å². The molecule has 2 N–H and O–H groups in total. The maximum Gasteiger partial charge on any atom is 0.325 e. The largest absolute Gasteiger partial charge is 0.325 e. The van der Waals surface area contributed by atoms with Gasteiger partial charge in [0, 0.05) is 12.5 Å². The highest BCUT2D eigenvalue weighted by Crippen LogP contribution is 2.33. The van der Waals surface area contributed by atoms with Crippen molar-refractivity contribution in [2.45, 2.75) is 31.8 Å². The fraction of sp³-hybridized carbons (Fsp3) is 0.273. The molecule has 2 atom stereocenters. The maximum absolute atomic E-state index is 13.2. The van der Waals surface area contributed by atoms with Crippen molar-refractivity contribution in [2.24, 2.45) is 0 Å². The smallest absolute Gasteiger partial charge is 0.324 e. The highest BCUT2D eigenvalue weighted by Gasteiger charge is 2.50. The Morgan fingerprint density at radius 3 is 2.47 bits per heavy atom. The summed E-state index contributed by atoms with van der Waals surface area (Å²) in [4.78, 5) is 53.5. The van der Waals surface area contributed by atoms with Gasteiger partial charge in [-0.2, -0.15) is 0 Å². The van der Waals surface area contributed by atoms with Gasteiger partial charge in [-0.1, -0.05) is 42.5 Å². The van der Waals surface area contributed by atoms with Gasteiger partial charge in [0.25, 0.3) is 5.91 Å². The van der Waals surface area contributed by atoms with E-state index in [1.807, 2.05) is 6.07 Å². The van der Waals surface area contributed by atoms with Crippen molar-refractivity contribution in [1.82, 2.24) is 10.2 Å². The van der Waals surface area contributed by atoms with Crippen molar-refractivity contribution < 1.29 is 19.2 Å². The predicted octanol–water partition coefficient (Wildman–Crippen LogP) is 2.22. The summed E-state index contributed by atoms with van der Waals surface area (Å²) in [7, 11) is 0. The number of nitrogens with zero attached hydrogens (tertiary/aromatic N) is 2. The van der Waals surface area contributed by atoms with Crippen LogP contribution in [0.25, 0.3) is 0 Å². The van der Waals surface area contributed by atoms with Crippen molar-refractivity contribution in [1.29, 1.82) is 0 Å². The number of para-hydroxylation sites is 2. The Labute approximate surface area is 173 Å². The second kappa shape index (κ2) is 7.29. The number of fused-ring (bicyclic) bond motifs is 1. The minimum absolute atomic E-state index is 0.113. The van der Waals surface area contributed by atoms with E-state index in [4.69, 9.17) is 0 Å². The van der Waals surface area contributed by atoms with Crippen molar-refractivity contribution in [3.63, 3.8) is 0 Å². The summed E-state index contributed by atoms with van der Waals surface area (Å²) in [6.07, 6.45) is 0.113. The van der Waals surface area contributed by atoms with E-state index in [0.717, 1.165) is 4.90 Å². The molecule has 8 nitrogen and oxygen atoms in total. The van der Waals surface area contributed by atoms with Crippen LogP contribution in [0.1, 0.15) is 25.8 Å². The Balaban J connectivity index is 1.62. The van der Waals surface area contributed by atoms with Crippen LogP contribution in [-0.2, 0) is 19.9 Å². The zero-order chi connectivity index (χ0) is 21.5. The monoisotopic (exact) mass is 406 g/mol. The number of imide groups is 1. The number of carbonyl (C=O) groups excluding carboxylic acids is 4. The summed E-state index contributed by atoms with van der Waals surface area (Å²) in [5.41, 5.74) is 0.463. The first kappa shape index (κ1) is 19.6. The zero-order valence-corrected chi connectivity index (χ0v) is 16.7. The quantitative estimate of drug-likeness (QED) is 0.764. The number of carbonyl (C=O) groups is 4. The van der Waals surface area contributed by atoms with Crippen LogP contribution in [-0.4, -0.2) is 41.2 Å². The minimum atomic E-state index is -1.24. The van der Waals surface area contributed by atoms with Gasteiger partial charge in [0.1, 0.15) is 12.1 Å². The van der Waals surface area contributed by atoms with Gasteiger partial charge in [0.05, 0.1) is 11.4 Å². The normalized spacial score (nSPS) is 23.5. The van der Waals surface area contributed by atoms with Crippen LogP contribution in [0.15, 0.2) is 54.6 Å². The third-order valence-corrected chi connectivity index (χ3v) is 5.55. The van der Waals surface area contributed by atoms with Crippen LogP contribution in [0.3, 0.4) is 0 Å². The molecular formula is C22H22N4O4.